The Morgan fingerprint density at radius 2 is 1.40 bits per heavy atom. The molecule has 0 N–H and O–H groups in total. The molecule has 0 aromatic heterocycles. The van der Waals surface area contributed by atoms with Gasteiger partial charge in [0.2, 0.25) is 0 Å². The maximum atomic E-state index is 5.34. The molecule has 0 saturated carbocycles. The van der Waals surface area contributed by atoms with Crippen molar-refractivity contribution in [2.75, 3.05) is 7.11 Å². The molecule has 0 heterocycles. The van der Waals surface area contributed by atoms with E-state index in [2.05, 4.69) is 0 Å². The van der Waals surface area contributed by atoms with Crippen LogP contribution in [0.3, 0.4) is 0 Å². The first kappa shape index (κ1) is 16.5. The average Bonchev–Trinajstić information content (AvgIpc) is 2.35. The molecule has 0 radical (unpaired) electrons. The van der Waals surface area contributed by atoms with Gasteiger partial charge in [0.25, 0.3) is 0 Å². The zero-order valence-electron chi connectivity index (χ0n) is 10.8. The van der Waals surface area contributed by atoms with Gasteiger partial charge in [-0.1, -0.05) is 45.9 Å². The number of rotatable bonds is 3. The quantitative estimate of drug-likeness (QED) is 0.704. The second kappa shape index (κ2) is 13.0. The van der Waals surface area contributed by atoms with Crippen LogP contribution in [-0.4, -0.2) is 14.2 Å². The second-order valence-electron chi connectivity index (χ2n) is 2.23. The Bertz CT molecular complexity index is 202. The van der Waals surface area contributed by atoms with E-state index < -0.39 is 0 Å². The standard InChI is InChI=1S/C8H11BO2.2C2H6/c1-9(10-2)11-8-6-4-3-5-7-8;2*1-2/h3-7H,1-2H3;2*1-2H3. The van der Waals surface area contributed by atoms with Crippen LogP contribution >= 0.6 is 0 Å². The minimum atomic E-state index is -0.183. The summed E-state index contributed by atoms with van der Waals surface area (Å²) in [7, 11) is 1.44. The molecule has 0 fully saturated rings. The van der Waals surface area contributed by atoms with Crippen molar-refractivity contribution in [1.29, 1.82) is 0 Å². The summed E-state index contributed by atoms with van der Waals surface area (Å²) in [5, 5.41) is 0. The third-order valence-corrected chi connectivity index (χ3v) is 1.38. The van der Waals surface area contributed by atoms with Crippen molar-refractivity contribution in [3.8, 4) is 5.75 Å². The molecule has 0 atom stereocenters. The minimum Gasteiger partial charge on any atom is -0.536 e. The maximum absolute atomic E-state index is 5.34. The van der Waals surface area contributed by atoms with Crippen LogP contribution in [0.15, 0.2) is 30.3 Å². The highest BCUT2D eigenvalue weighted by Crippen LogP contribution is 2.09. The lowest BCUT2D eigenvalue weighted by Gasteiger charge is -2.07. The van der Waals surface area contributed by atoms with Crippen molar-refractivity contribution in [3.05, 3.63) is 30.3 Å². The fourth-order valence-electron chi connectivity index (χ4n) is 0.739. The molecule has 1 rings (SSSR count). The van der Waals surface area contributed by atoms with Crippen LogP contribution in [0.2, 0.25) is 6.82 Å². The van der Waals surface area contributed by atoms with Gasteiger partial charge in [0, 0.05) is 7.11 Å². The van der Waals surface area contributed by atoms with E-state index in [0.29, 0.717) is 0 Å². The summed E-state index contributed by atoms with van der Waals surface area (Å²) < 4.78 is 10.3. The smallest absolute Gasteiger partial charge is 0.521 e. The second-order valence-corrected chi connectivity index (χ2v) is 2.23. The van der Waals surface area contributed by atoms with Gasteiger partial charge in [-0.2, -0.15) is 0 Å². The van der Waals surface area contributed by atoms with Gasteiger partial charge in [-0.15, -0.1) is 0 Å². The minimum absolute atomic E-state index is 0.183. The molecular formula is C12H23BO2. The van der Waals surface area contributed by atoms with Gasteiger partial charge < -0.3 is 9.31 Å². The van der Waals surface area contributed by atoms with E-state index >= 15 is 0 Å². The monoisotopic (exact) mass is 210 g/mol. The molecule has 0 aliphatic carbocycles. The fraction of sp³-hybridized carbons (Fsp3) is 0.500. The zero-order valence-corrected chi connectivity index (χ0v) is 10.8. The number of para-hydroxylation sites is 1. The molecular weight excluding hydrogens is 187 g/mol. The van der Waals surface area contributed by atoms with Crippen molar-refractivity contribution in [2.24, 2.45) is 0 Å². The van der Waals surface area contributed by atoms with E-state index in [0.717, 1.165) is 5.75 Å². The zero-order chi connectivity index (χ0) is 12.1. The fourth-order valence-corrected chi connectivity index (χ4v) is 0.739. The summed E-state index contributed by atoms with van der Waals surface area (Å²) in [6, 6.07) is 9.60. The summed E-state index contributed by atoms with van der Waals surface area (Å²) in [4.78, 5) is 0. The summed E-state index contributed by atoms with van der Waals surface area (Å²) >= 11 is 0. The Kier molecular flexibility index (Phi) is 14.3. The van der Waals surface area contributed by atoms with Crippen LogP contribution in [0.25, 0.3) is 0 Å². The molecule has 1 aromatic carbocycles. The molecule has 0 spiro atoms. The average molecular weight is 210 g/mol. The highest BCUT2D eigenvalue weighted by molar-refractivity contribution is 6.43. The first-order valence-electron chi connectivity index (χ1n) is 5.57. The highest BCUT2D eigenvalue weighted by Gasteiger charge is 2.08. The van der Waals surface area contributed by atoms with Gasteiger partial charge in [0.15, 0.2) is 0 Å². The molecule has 0 bridgehead atoms. The molecule has 0 aliphatic rings. The first-order chi connectivity index (χ1) is 7.33. The molecule has 3 heteroatoms. The maximum Gasteiger partial charge on any atom is 0.521 e. The molecule has 0 unspecified atom stereocenters. The Labute approximate surface area is 94.8 Å². The largest absolute Gasteiger partial charge is 0.536 e. The van der Waals surface area contributed by atoms with Gasteiger partial charge in [0.1, 0.15) is 5.75 Å². The summed E-state index contributed by atoms with van der Waals surface area (Å²) in [5.41, 5.74) is 0. The number of hydrogen-bond acceptors (Lipinski definition) is 2. The van der Waals surface area contributed by atoms with Gasteiger partial charge in [0.05, 0.1) is 0 Å². The number of benzene rings is 1. The van der Waals surface area contributed by atoms with Crippen molar-refractivity contribution in [3.63, 3.8) is 0 Å². The van der Waals surface area contributed by atoms with Crippen LogP contribution in [-0.2, 0) is 4.65 Å². The van der Waals surface area contributed by atoms with Crippen molar-refractivity contribution < 1.29 is 9.31 Å². The lowest BCUT2D eigenvalue weighted by Crippen LogP contribution is -2.19. The Balaban J connectivity index is 0. The SMILES string of the molecule is CC.CC.COB(C)Oc1ccccc1. The van der Waals surface area contributed by atoms with Gasteiger partial charge in [-0.25, -0.2) is 0 Å². The van der Waals surface area contributed by atoms with Crippen molar-refractivity contribution in [2.45, 2.75) is 34.5 Å². The molecule has 0 saturated heterocycles. The molecule has 1 aromatic rings. The molecule has 15 heavy (non-hydrogen) atoms. The third-order valence-electron chi connectivity index (χ3n) is 1.38. The van der Waals surface area contributed by atoms with Crippen molar-refractivity contribution in [1.82, 2.24) is 0 Å². The third kappa shape index (κ3) is 9.35. The van der Waals surface area contributed by atoms with E-state index in [9.17, 15) is 0 Å². The summed E-state index contributed by atoms with van der Waals surface area (Å²) in [6.07, 6.45) is 0. The van der Waals surface area contributed by atoms with Crippen LogP contribution in [0.4, 0.5) is 0 Å². The predicted octanol–water partition coefficient (Wildman–Crippen LogP) is 3.88. The molecule has 0 amide bonds. The lowest BCUT2D eigenvalue weighted by atomic mass is 9.95. The Morgan fingerprint density at radius 1 is 0.933 bits per heavy atom. The first-order valence-corrected chi connectivity index (χ1v) is 5.57. The highest BCUT2D eigenvalue weighted by atomic mass is 16.6. The Morgan fingerprint density at radius 3 is 1.80 bits per heavy atom. The Hall–Kier alpha value is -0.955. The van der Waals surface area contributed by atoms with Crippen LogP contribution in [0, 0.1) is 0 Å². The topological polar surface area (TPSA) is 18.5 Å². The predicted molar refractivity (Wildman–Crippen MR) is 68.4 cm³/mol. The van der Waals surface area contributed by atoms with E-state index in [4.69, 9.17) is 9.31 Å². The van der Waals surface area contributed by atoms with E-state index in [1.165, 1.54) is 0 Å². The lowest BCUT2D eigenvalue weighted by molar-refractivity contribution is 0.341. The van der Waals surface area contributed by atoms with Crippen LogP contribution < -0.4 is 4.65 Å². The van der Waals surface area contributed by atoms with Gasteiger partial charge in [-0.3, -0.25) is 0 Å². The molecule has 0 aliphatic heterocycles. The van der Waals surface area contributed by atoms with Gasteiger partial charge >= 0.3 is 7.12 Å². The van der Waals surface area contributed by atoms with E-state index in [1.54, 1.807) is 7.11 Å². The van der Waals surface area contributed by atoms with Crippen molar-refractivity contribution >= 4 is 7.12 Å². The summed E-state index contributed by atoms with van der Waals surface area (Å²) in [6.45, 7) is 9.85. The number of hydrogen-bond donors (Lipinski definition) is 0. The van der Waals surface area contributed by atoms with Crippen LogP contribution in [0.5, 0.6) is 5.75 Å². The van der Waals surface area contributed by atoms with Gasteiger partial charge in [-0.05, 0) is 19.0 Å². The normalized spacial score (nSPS) is 7.60. The molecule has 86 valence electrons. The molecule has 2 nitrogen and oxygen atoms in total. The van der Waals surface area contributed by atoms with E-state index in [-0.39, 0.29) is 7.12 Å². The van der Waals surface area contributed by atoms with E-state index in [1.807, 2.05) is 64.8 Å². The summed E-state index contributed by atoms with van der Waals surface area (Å²) in [5.74, 6) is 0.835. The van der Waals surface area contributed by atoms with Crippen LogP contribution in [0.1, 0.15) is 27.7 Å².